The average molecular weight is 392 g/mol. The van der Waals surface area contributed by atoms with Gasteiger partial charge >= 0.3 is 6.18 Å². The molecule has 0 aliphatic heterocycles. The predicted molar refractivity (Wildman–Crippen MR) is 98.1 cm³/mol. The topological polar surface area (TPSA) is 51.2 Å². The van der Waals surface area contributed by atoms with E-state index in [0.29, 0.717) is 17.4 Å². The number of hydrogen-bond acceptors (Lipinski definition) is 4. The van der Waals surface area contributed by atoms with Crippen LogP contribution in [0.1, 0.15) is 23.0 Å². The van der Waals surface area contributed by atoms with Gasteiger partial charge in [-0.15, -0.1) is 11.3 Å². The van der Waals surface area contributed by atoms with Crippen LogP contribution in [0.4, 0.5) is 18.9 Å². The monoisotopic (exact) mass is 392 g/mol. The number of benzene rings is 2. The Morgan fingerprint density at radius 1 is 1.19 bits per heavy atom. The first kappa shape index (κ1) is 18.9. The number of anilines is 1. The number of nitrogens with zero attached hydrogens (tertiary/aromatic N) is 1. The van der Waals surface area contributed by atoms with Crippen molar-refractivity contribution in [2.45, 2.75) is 13.1 Å². The lowest BCUT2D eigenvalue weighted by molar-refractivity contribution is -0.137. The summed E-state index contributed by atoms with van der Waals surface area (Å²) in [5, 5.41) is 4.63. The first-order chi connectivity index (χ1) is 12.9. The van der Waals surface area contributed by atoms with E-state index in [-0.39, 0.29) is 11.4 Å². The number of ether oxygens (including phenoxy) is 1. The molecule has 0 bridgehead atoms. The van der Waals surface area contributed by atoms with Crippen LogP contribution in [0.3, 0.4) is 0 Å². The van der Waals surface area contributed by atoms with Crippen molar-refractivity contribution >= 4 is 22.9 Å². The fourth-order valence-corrected chi connectivity index (χ4v) is 3.16. The van der Waals surface area contributed by atoms with Crippen LogP contribution in [-0.4, -0.2) is 17.5 Å². The Kier molecular flexibility index (Phi) is 5.46. The minimum absolute atomic E-state index is 0.0581. The Hall–Kier alpha value is -2.87. The van der Waals surface area contributed by atoms with E-state index in [4.69, 9.17) is 4.74 Å². The molecule has 2 aromatic carbocycles. The molecular formula is C19H15F3N2O2S. The van der Waals surface area contributed by atoms with Crippen molar-refractivity contribution in [3.8, 4) is 16.3 Å². The molecule has 1 amide bonds. The fourth-order valence-electron chi connectivity index (χ4n) is 2.36. The summed E-state index contributed by atoms with van der Waals surface area (Å²) in [4.78, 5) is 16.6. The van der Waals surface area contributed by atoms with Crippen LogP contribution in [0.25, 0.3) is 10.6 Å². The number of hydrogen-bond donors (Lipinski definition) is 1. The minimum Gasteiger partial charge on any atom is -0.494 e. The summed E-state index contributed by atoms with van der Waals surface area (Å²) in [5.41, 5.74) is 0.160. The number of nitrogens with one attached hydrogen (secondary N) is 1. The van der Waals surface area contributed by atoms with Crippen LogP contribution < -0.4 is 10.1 Å². The smallest absolute Gasteiger partial charge is 0.416 e. The second-order valence-electron chi connectivity index (χ2n) is 5.53. The fraction of sp³-hybridized carbons (Fsp3) is 0.158. The van der Waals surface area contributed by atoms with Crippen molar-refractivity contribution in [3.05, 3.63) is 65.2 Å². The van der Waals surface area contributed by atoms with E-state index in [1.165, 1.54) is 23.5 Å². The number of thiazole rings is 1. The highest BCUT2D eigenvalue weighted by atomic mass is 32.1. The molecule has 27 heavy (non-hydrogen) atoms. The maximum Gasteiger partial charge on any atom is 0.416 e. The SMILES string of the molecule is CCOc1cccc(-c2nc(C(=O)Nc3cccc(C(F)(F)F)c3)cs2)c1. The molecule has 0 fully saturated rings. The third-order valence-electron chi connectivity index (χ3n) is 3.58. The maximum absolute atomic E-state index is 12.8. The molecular weight excluding hydrogens is 377 g/mol. The third-order valence-corrected chi connectivity index (χ3v) is 4.47. The zero-order valence-corrected chi connectivity index (χ0v) is 15.0. The number of carbonyl (C=O) groups excluding carboxylic acids is 1. The second kappa shape index (κ2) is 7.79. The molecule has 0 atom stereocenters. The van der Waals surface area contributed by atoms with Crippen molar-refractivity contribution < 1.29 is 22.7 Å². The van der Waals surface area contributed by atoms with Gasteiger partial charge in [0, 0.05) is 16.6 Å². The van der Waals surface area contributed by atoms with E-state index in [9.17, 15) is 18.0 Å². The molecule has 3 aromatic rings. The molecule has 0 unspecified atom stereocenters. The molecule has 0 spiro atoms. The van der Waals surface area contributed by atoms with Crippen LogP contribution in [-0.2, 0) is 6.18 Å². The maximum atomic E-state index is 12.8. The molecule has 0 radical (unpaired) electrons. The van der Waals surface area contributed by atoms with Crippen molar-refractivity contribution in [1.29, 1.82) is 0 Å². The van der Waals surface area contributed by atoms with Crippen molar-refractivity contribution in [2.24, 2.45) is 0 Å². The van der Waals surface area contributed by atoms with Gasteiger partial charge in [-0.2, -0.15) is 13.2 Å². The van der Waals surface area contributed by atoms with E-state index < -0.39 is 17.6 Å². The molecule has 140 valence electrons. The average Bonchev–Trinajstić information content (AvgIpc) is 3.12. The van der Waals surface area contributed by atoms with E-state index in [2.05, 4.69) is 10.3 Å². The molecule has 3 rings (SSSR count). The molecule has 1 aromatic heterocycles. The van der Waals surface area contributed by atoms with Crippen LogP contribution in [0.15, 0.2) is 53.9 Å². The lowest BCUT2D eigenvalue weighted by atomic mass is 10.2. The van der Waals surface area contributed by atoms with Gasteiger partial charge in [0.05, 0.1) is 12.2 Å². The van der Waals surface area contributed by atoms with Gasteiger partial charge in [-0.3, -0.25) is 4.79 Å². The Morgan fingerprint density at radius 2 is 1.96 bits per heavy atom. The van der Waals surface area contributed by atoms with Crippen molar-refractivity contribution in [1.82, 2.24) is 4.98 Å². The second-order valence-corrected chi connectivity index (χ2v) is 6.39. The molecule has 0 aliphatic rings. The molecule has 1 heterocycles. The highest BCUT2D eigenvalue weighted by Crippen LogP contribution is 2.31. The summed E-state index contributed by atoms with van der Waals surface area (Å²) in [6.07, 6.45) is -4.47. The lowest BCUT2D eigenvalue weighted by Crippen LogP contribution is -2.13. The number of alkyl halides is 3. The van der Waals surface area contributed by atoms with E-state index in [1.54, 1.807) is 5.38 Å². The van der Waals surface area contributed by atoms with Gasteiger partial charge in [-0.05, 0) is 37.3 Å². The summed E-state index contributed by atoms with van der Waals surface area (Å²) in [6.45, 7) is 2.41. The zero-order chi connectivity index (χ0) is 19.4. The van der Waals surface area contributed by atoms with E-state index >= 15 is 0 Å². The van der Waals surface area contributed by atoms with Crippen molar-refractivity contribution in [3.63, 3.8) is 0 Å². The molecule has 0 saturated heterocycles. The Bertz CT molecular complexity index is 954. The molecule has 4 nitrogen and oxygen atoms in total. The summed E-state index contributed by atoms with van der Waals surface area (Å²) in [6, 6.07) is 11.8. The number of amides is 1. The van der Waals surface area contributed by atoms with Gasteiger partial charge in [0.1, 0.15) is 16.5 Å². The van der Waals surface area contributed by atoms with Gasteiger partial charge in [0.15, 0.2) is 0 Å². The van der Waals surface area contributed by atoms with Crippen LogP contribution >= 0.6 is 11.3 Å². The highest BCUT2D eigenvalue weighted by molar-refractivity contribution is 7.13. The van der Waals surface area contributed by atoms with Gasteiger partial charge in [0.2, 0.25) is 0 Å². The van der Waals surface area contributed by atoms with Crippen LogP contribution in [0, 0.1) is 0 Å². The van der Waals surface area contributed by atoms with Crippen molar-refractivity contribution in [2.75, 3.05) is 11.9 Å². The standard InChI is InChI=1S/C19H15F3N2O2S/c1-2-26-15-8-3-5-12(9-15)18-24-16(11-27-18)17(25)23-14-7-4-6-13(10-14)19(20,21)22/h3-11H,2H2,1H3,(H,23,25). The highest BCUT2D eigenvalue weighted by Gasteiger charge is 2.30. The summed E-state index contributed by atoms with van der Waals surface area (Å²) in [5.74, 6) is 0.123. The summed E-state index contributed by atoms with van der Waals surface area (Å²) in [7, 11) is 0. The van der Waals surface area contributed by atoms with E-state index in [0.717, 1.165) is 17.7 Å². The summed E-state index contributed by atoms with van der Waals surface area (Å²) < 4.78 is 43.8. The zero-order valence-electron chi connectivity index (χ0n) is 14.2. The van der Waals surface area contributed by atoms with Crippen LogP contribution in [0.5, 0.6) is 5.75 Å². The normalized spacial score (nSPS) is 11.3. The summed E-state index contributed by atoms with van der Waals surface area (Å²) >= 11 is 1.27. The largest absolute Gasteiger partial charge is 0.494 e. The molecule has 0 saturated carbocycles. The molecule has 1 N–H and O–H groups in total. The Balaban J connectivity index is 1.77. The van der Waals surface area contributed by atoms with Gasteiger partial charge in [-0.25, -0.2) is 4.98 Å². The Labute approximate surface area is 157 Å². The minimum atomic E-state index is -4.47. The first-order valence-corrected chi connectivity index (χ1v) is 8.92. The van der Waals surface area contributed by atoms with Crippen LogP contribution in [0.2, 0.25) is 0 Å². The Morgan fingerprint density at radius 3 is 2.70 bits per heavy atom. The number of halogens is 3. The number of aromatic nitrogens is 1. The third kappa shape index (κ3) is 4.65. The predicted octanol–water partition coefficient (Wildman–Crippen LogP) is 5.48. The quantitative estimate of drug-likeness (QED) is 0.626. The number of rotatable bonds is 5. The number of carbonyl (C=O) groups is 1. The first-order valence-electron chi connectivity index (χ1n) is 8.04. The van der Waals surface area contributed by atoms with Gasteiger partial charge in [-0.1, -0.05) is 18.2 Å². The molecule has 0 aliphatic carbocycles. The van der Waals surface area contributed by atoms with Gasteiger partial charge < -0.3 is 10.1 Å². The van der Waals surface area contributed by atoms with E-state index in [1.807, 2.05) is 31.2 Å². The van der Waals surface area contributed by atoms with Gasteiger partial charge in [0.25, 0.3) is 5.91 Å². The molecule has 8 heteroatoms. The lowest BCUT2D eigenvalue weighted by Gasteiger charge is -2.09.